The predicted octanol–water partition coefficient (Wildman–Crippen LogP) is 3.39. The van der Waals surface area contributed by atoms with E-state index in [-0.39, 0.29) is 5.92 Å². The van der Waals surface area contributed by atoms with Gasteiger partial charge in [0.15, 0.2) is 0 Å². The third kappa shape index (κ3) is 2.49. The van der Waals surface area contributed by atoms with Gasteiger partial charge in [0, 0.05) is 12.1 Å². The average Bonchev–Trinajstić information content (AvgIpc) is 2.36. The van der Waals surface area contributed by atoms with Crippen LogP contribution in [0.2, 0.25) is 0 Å². The van der Waals surface area contributed by atoms with Crippen LogP contribution in [0.5, 0.6) is 0 Å². The van der Waals surface area contributed by atoms with Crippen molar-refractivity contribution in [3.05, 3.63) is 0 Å². The van der Waals surface area contributed by atoms with Crippen molar-refractivity contribution in [3.63, 3.8) is 0 Å². The maximum Gasteiger partial charge on any atom is 0.307 e. The molecule has 1 atom stereocenters. The Morgan fingerprint density at radius 3 is 2.10 bits per heavy atom. The minimum Gasteiger partial charge on any atom is -0.481 e. The molecule has 4 fully saturated rings. The Balaban J connectivity index is 1.77. The van der Waals surface area contributed by atoms with Crippen molar-refractivity contribution in [2.75, 3.05) is 13.1 Å². The van der Waals surface area contributed by atoms with E-state index in [1.54, 1.807) is 0 Å². The van der Waals surface area contributed by atoms with E-state index in [0.717, 1.165) is 37.3 Å². The number of carbonyl (C=O) groups is 1. The van der Waals surface area contributed by atoms with Crippen LogP contribution in [0.3, 0.4) is 0 Å². The Bertz CT molecular complexity index is 344. The summed E-state index contributed by atoms with van der Waals surface area (Å²) in [5, 5.41) is 9.25. The minimum atomic E-state index is -0.643. The molecule has 0 saturated heterocycles. The summed E-state index contributed by atoms with van der Waals surface area (Å²) in [5.41, 5.74) is 0.356. The van der Waals surface area contributed by atoms with Gasteiger partial charge in [0.1, 0.15) is 0 Å². The molecule has 0 aromatic rings. The summed E-state index contributed by atoms with van der Waals surface area (Å²) in [6, 6.07) is 0. The molecule has 4 aliphatic rings. The minimum absolute atomic E-state index is 0.241. The van der Waals surface area contributed by atoms with Gasteiger partial charge in [-0.15, -0.1) is 0 Å². The molecule has 0 aromatic heterocycles. The fourth-order valence-electron chi connectivity index (χ4n) is 5.65. The van der Waals surface area contributed by atoms with Crippen molar-refractivity contribution in [2.24, 2.45) is 23.7 Å². The van der Waals surface area contributed by atoms with Crippen LogP contribution in [0.4, 0.5) is 0 Å². The van der Waals surface area contributed by atoms with Crippen LogP contribution in [-0.4, -0.2) is 34.6 Å². The second kappa shape index (κ2) is 5.32. The van der Waals surface area contributed by atoms with E-state index in [2.05, 4.69) is 11.8 Å². The zero-order valence-electron chi connectivity index (χ0n) is 13.0. The van der Waals surface area contributed by atoms with Crippen molar-refractivity contribution < 1.29 is 9.90 Å². The van der Waals surface area contributed by atoms with Crippen molar-refractivity contribution in [2.45, 2.75) is 64.3 Å². The van der Waals surface area contributed by atoms with E-state index in [4.69, 9.17) is 0 Å². The van der Waals surface area contributed by atoms with Crippen LogP contribution < -0.4 is 0 Å². The highest BCUT2D eigenvalue weighted by molar-refractivity contribution is 5.69. The number of nitrogens with zero attached hydrogens (tertiary/aromatic N) is 1. The molecule has 3 nitrogen and oxygen atoms in total. The van der Waals surface area contributed by atoms with E-state index in [0.29, 0.717) is 5.54 Å². The van der Waals surface area contributed by atoms with Gasteiger partial charge < -0.3 is 5.11 Å². The molecule has 0 spiro atoms. The maximum atomic E-state index is 11.2. The Morgan fingerprint density at radius 2 is 1.70 bits per heavy atom. The predicted molar refractivity (Wildman–Crippen MR) is 79.6 cm³/mol. The highest BCUT2D eigenvalue weighted by Gasteiger charge is 2.53. The molecular weight excluding hydrogens is 250 g/mol. The van der Waals surface area contributed by atoms with Crippen molar-refractivity contribution >= 4 is 5.97 Å². The van der Waals surface area contributed by atoms with Gasteiger partial charge in [0.2, 0.25) is 0 Å². The van der Waals surface area contributed by atoms with Gasteiger partial charge >= 0.3 is 5.97 Å². The standard InChI is InChI=1S/C17H29NO2/c1-3-4-18(11-12(2)16(19)20)17-8-13-5-14(9-17)7-15(6-13)10-17/h12-15H,3-11H2,1-2H3,(H,19,20). The van der Waals surface area contributed by atoms with E-state index < -0.39 is 5.97 Å². The lowest BCUT2D eigenvalue weighted by atomic mass is 9.52. The van der Waals surface area contributed by atoms with Gasteiger partial charge in [-0.2, -0.15) is 0 Å². The monoisotopic (exact) mass is 279 g/mol. The number of hydrogen-bond acceptors (Lipinski definition) is 2. The Kier molecular flexibility index (Phi) is 3.83. The van der Waals surface area contributed by atoms with Crippen LogP contribution in [0.25, 0.3) is 0 Å². The van der Waals surface area contributed by atoms with Gasteiger partial charge in [0.25, 0.3) is 0 Å². The molecule has 3 heteroatoms. The van der Waals surface area contributed by atoms with Gasteiger partial charge in [-0.3, -0.25) is 9.69 Å². The molecule has 4 rings (SSSR count). The second-order valence-electron chi connectivity index (χ2n) is 7.83. The summed E-state index contributed by atoms with van der Waals surface area (Å²) in [7, 11) is 0. The van der Waals surface area contributed by atoms with Crippen molar-refractivity contribution in [1.82, 2.24) is 4.90 Å². The number of carboxylic acids is 1. The zero-order chi connectivity index (χ0) is 14.3. The Morgan fingerprint density at radius 1 is 1.20 bits per heavy atom. The highest BCUT2D eigenvalue weighted by atomic mass is 16.4. The Hall–Kier alpha value is -0.570. The van der Waals surface area contributed by atoms with Crippen LogP contribution in [0.15, 0.2) is 0 Å². The first kappa shape index (κ1) is 14.4. The van der Waals surface area contributed by atoms with Crippen LogP contribution >= 0.6 is 0 Å². The van der Waals surface area contributed by atoms with E-state index >= 15 is 0 Å². The first-order valence-electron chi connectivity index (χ1n) is 8.50. The average molecular weight is 279 g/mol. The molecule has 0 amide bonds. The number of carboxylic acid groups (broad SMARTS) is 1. The third-order valence-electron chi connectivity index (χ3n) is 6.09. The molecule has 4 aliphatic carbocycles. The zero-order valence-corrected chi connectivity index (χ0v) is 13.0. The van der Waals surface area contributed by atoms with Gasteiger partial charge in [-0.25, -0.2) is 0 Å². The summed E-state index contributed by atoms with van der Waals surface area (Å²) < 4.78 is 0. The van der Waals surface area contributed by atoms with E-state index in [1.165, 1.54) is 38.5 Å². The molecule has 4 saturated carbocycles. The largest absolute Gasteiger partial charge is 0.481 e. The fourth-order valence-corrected chi connectivity index (χ4v) is 5.65. The topological polar surface area (TPSA) is 40.5 Å². The quantitative estimate of drug-likeness (QED) is 0.810. The van der Waals surface area contributed by atoms with Gasteiger partial charge in [0.05, 0.1) is 5.92 Å². The highest BCUT2D eigenvalue weighted by Crippen LogP contribution is 2.57. The van der Waals surface area contributed by atoms with E-state index in [1.807, 2.05) is 6.92 Å². The van der Waals surface area contributed by atoms with Gasteiger partial charge in [-0.05, 0) is 69.2 Å². The molecule has 1 unspecified atom stereocenters. The summed E-state index contributed by atoms with van der Waals surface area (Å²) in [6.07, 6.45) is 9.51. The number of aliphatic carboxylic acids is 1. The summed E-state index contributed by atoms with van der Waals surface area (Å²) >= 11 is 0. The third-order valence-corrected chi connectivity index (χ3v) is 6.09. The van der Waals surface area contributed by atoms with Crippen LogP contribution in [0, 0.1) is 23.7 Å². The first-order chi connectivity index (χ1) is 9.52. The molecule has 114 valence electrons. The molecule has 0 heterocycles. The van der Waals surface area contributed by atoms with Crippen LogP contribution in [-0.2, 0) is 4.79 Å². The lowest BCUT2D eigenvalue weighted by Crippen LogP contribution is -2.61. The first-order valence-corrected chi connectivity index (χ1v) is 8.50. The summed E-state index contributed by atoms with van der Waals surface area (Å²) in [5.74, 6) is 1.91. The number of rotatable bonds is 6. The lowest BCUT2D eigenvalue weighted by molar-refractivity contribution is -0.144. The fraction of sp³-hybridized carbons (Fsp3) is 0.941. The molecule has 20 heavy (non-hydrogen) atoms. The molecule has 0 aromatic carbocycles. The molecule has 4 bridgehead atoms. The maximum absolute atomic E-state index is 11.2. The van der Waals surface area contributed by atoms with Crippen molar-refractivity contribution in [3.8, 4) is 0 Å². The van der Waals surface area contributed by atoms with Crippen molar-refractivity contribution in [1.29, 1.82) is 0 Å². The van der Waals surface area contributed by atoms with E-state index in [9.17, 15) is 9.90 Å². The molecule has 1 N–H and O–H groups in total. The van der Waals surface area contributed by atoms with Gasteiger partial charge in [-0.1, -0.05) is 13.8 Å². The smallest absolute Gasteiger partial charge is 0.307 e. The summed E-state index contributed by atoms with van der Waals surface area (Å²) in [6.45, 7) is 5.91. The normalized spacial score (nSPS) is 40.2. The molecular formula is C17H29NO2. The Labute approximate surface area is 122 Å². The summed E-state index contributed by atoms with van der Waals surface area (Å²) in [4.78, 5) is 13.8. The lowest BCUT2D eigenvalue weighted by Gasteiger charge is -2.61. The number of hydrogen-bond donors (Lipinski definition) is 1. The van der Waals surface area contributed by atoms with Crippen LogP contribution in [0.1, 0.15) is 58.8 Å². The second-order valence-corrected chi connectivity index (χ2v) is 7.83. The molecule has 0 radical (unpaired) electrons. The SMILES string of the molecule is CCCN(CC(C)C(=O)O)C12CC3CC(CC(C3)C1)C2. The molecule has 0 aliphatic heterocycles.